The van der Waals surface area contributed by atoms with Crippen LogP contribution < -0.4 is 14.8 Å². The van der Waals surface area contributed by atoms with E-state index >= 15 is 0 Å². The quantitative estimate of drug-likeness (QED) is 0.851. The minimum atomic E-state index is -0.152. The molecule has 1 aromatic heterocycles. The zero-order chi connectivity index (χ0) is 15.9. The highest BCUT2D eigenvalue weighted by atomic mass is 16.5. The van der Waals surface area contributed by atoms with Crippen LogP contribution in [0, 0.1) is 0 Å². The smallest absolute Gasteiger partial charge is 0.251 e. The third-order valence-corrected chi connectivity index (χ3v) is 3.12. The predicted octanol–water partition coefficient (Wildman–Crippen LogP) is 2.11. The lowest BCUT2D eigenvalue weighted by Gasteiger charge is -2.15. The largest absolute Gasteiger partial charge is 0.493 e. The fourth-order valence-electron chi connectivity index (χ4n) is 2.13. The Kier molecular flexibility index (Phi) is 5.41. The predicted molar refractivity (Wildman–Crippen MR) is 83.3 cm³/mol. The number of amides is 1. The highest BCUT2D eigenvalue weighted by Crippen LogP contribution is 2.28. The number of hydrogen-bond acceptors (Lipinski definition) is 4. The molecule has 1 N–H and O–H groups in total. The molecule has 0 fully saturated rings. The molecule has 0 aliphatic carbocycles. The van der Waals surface area contributed by atoms with Crippen LogP contribution in [0.3, 0.4) is 0 Å². The van der Waals surface area contributed by atoms with Crippen molar-refractivity contribution in [3.8, 4) is 11.5 Å². The van der Waals surface area contributed by atoms with Crippen LogP contribution in [0.25, 0.3) is 0 Å². The van der Waals surface area contributed by atoms with Gasteiger partial charge in [0.15, 0.2) is 11.5 Å². The van der Waals surface area contributed by atoms with Crippen LogP contribution in [-0.4, -0.2) is 35.4 Å². The fraction of sp³-hybridized carbons (Fsp3) is 0.375. The Bertz CT molecular complexity index is 611. The number of nitrogens with one attached hydrogen (secondary N) is 1. The molecule has 22 heavy (non-hydrogen) atoms. The van der Waals surface area contributed by atoms with Crippen molar-refractivity contribution in [3.63, 3.8) is 0 Å². The van der Waals surface area contributed by atoms with E-state index in [-0.39, 0.29) is 11.9 Å². The van der Waals surface area contributed by atoms with Gasteiger partial charge in [-0.15, -0.1) is 0 Å². The molecule has 2 aromatic rings. The molecule has 0 unspecified atom stereocenters. The van der Waals surface area contributed by atoms with E-state index in [0.717, 1.165) is 0 Å². The van der Waals surface area contributed by atoms with Crippen LogP contribution in [0.15, 0.2) is 36.7 Å². The van der Waals surface area contributed by atoms with E-state index in [0.29, 0.717) is 30.2 Å². The highest BCUT2D eigenvalue weighted by Gasteiger charge is 2.13. The molecule has 118 valence electrons. The second kappa shape index (κ2) is 7.49. The summed E-state index contributed by atoms with van der Waals surface area (Å²) in [6, 6.07) is 6.97. The van der Waals surface area contributed by atoms with Gasteiger partial charge in [0.25, 0.3) is 5.91 Å². The van der Waals surface area contributed by atoms with E-state index in [1.807, 2.05) is 26.1 Å². The maximum atomic E-state index is 12.3. The van der Waals surface area contributed by atoms with Gasteiger partial charge in [-0.3, -0.25) is 9.48 Å². The molecule has 0 radical (unpaired) electrons. The molecule has 2 rings (SSSR count). The van der Waals surface area contributed by atoms with Gasteiger partial charge in [0.05, 0.1) is 20.3 Å². The van der Waals surface area contributed by atoms with Gasteiger partial charge in [0.2, 0.25) is 0 Å². The van der Waals surface area contributed by atoms with E-state index in [4.69, 9.17) is 9.47 Å². The van der Waals surface area contributed by atoms with Crippen molar-refractivity contribution in [2.75, 3.05) is 13.7 Å². The number of rotatable bonds is 7. The number of carbonyl (C=O) groups is 1. The van der Waals surface area contributed by atoms with Crippen LogP contribution in [0.5, 0.6) is 11.5 Å². The lowest BCUT2D eigenvalue weighted by Crippen LogP contribution is -2.35. The molecule has 6 nitrogen and oxygen atoms in total. The Balaban J connectivity index is 2.02. The van der Waals surface area contributed by atoms with Crippen LogP contribution in [0.4, 0.5) is 0 Å². The summed E-state index contributed by atoms with van der Waals surface area (Å²) in [5.41, 5.74) is 0.535. The summed E-state index contributed by atoms with van der Waals surface area (Å²) in [6.07, 6.45) is 3.58. The van der Waals surface area contributed by atoms with Crippen LogP contribution in [-0.2, 0) is 6.54 Å². The summed E-state index contributed by atoms with van der Waals surface area (Å²) in [5, 5.41) is 7.07. The van der Waals surface area contributed by atoms with Crippen molar-refractivity contribution in [2.45, 2.75) is 26.4 Å². The SMILES string of the molecule is CCOc1ccc(C(=O)N[C@@H](C)Cn2cccn2)cc1OC. The zero-order valence-corrected chi connectivity index (χ0v) is 13.1. The Morgan fingerprint density at radius 3 is 2.86 bits per heavy atom. The van der Waals surface area contributed by atoms with E-state index in [1.165, 1.54) is 0 Å². The number of methoxy groups -OCH3 is 1. The number of carbonyl (C=O) groups excluding carboxylic acids is 1. The average molecular weight is 303 g/mol. The molecule has 1 atom stereocenters. The summed E-state index contributed by atoms with van der Waals surface area (Å²) >= 11 is 0. The average Bonchev–Trinajstić information content (AvgIpc) is 3.00. The molecule has 0 aliphatic heterocycles. The minimum Gasteiger partial charge on any atom is -0.493 e. The number of benzene rings is 1. The fourth-order valence-corrected chi connectivity index (χ4v) is 2.13. The summed E-state index contributed by atoms with van der Waals surface area (Å²) < 4.78 is 12.5. The second-order valence-corrected chi connectivity index (χ2v) is 4.90. The summed E-state index contributed by atoms with van der Waals surface area (Å²) in [7, 11) is 1.56. The topological polar surface area (TPSA) is 65.4 Å². The van der Waals surface area contributed by atoms with Gasteiger partial charge >= 0.3 is 0 Å². The number of aromatic nitrogens is 2. The van der Waals surface area contributed by atoms with E-state index in [1.54, 1.807) is 36.2 Å². The molecule has 0 bridgehead atoms. The van der Waals surface area contributed by atoms with Crippen molar-refractivity contribution in [1.29, 1.82) is 0 Å². The molecule has 0 spiro atoms. The van der Waals surface area contributed by atoms with Crippen LogP contribution >= 0.6 is 0 Å². The third kappa shape index (κ3) is 4.00. The van der Waals surface area contributed by atoms with Gasteiger partial charge < -0.3 is 14.8 Å². The highest BCUT2D eigenvalue weighted by molar-refractivity contribution is 5.95. The third-order valence-electron chi connectivity index (χ3n) is 3.12. The minimum absolute atomic E-state index is 0.0371. The first-order chi connectivity index (χ1) is 10.6. The first-order valence-electron chi connectivity index (χ1n) is 7.23. The van der Waals surface area contributed by atoms with E-state index < -0.39 is 0 Å². The van der Waals surface area contributed by atoms with Gasteiger partial charge in [-0.05, 0) is 38.1 Å². The molecule has 6 heteroatoms. The first-order valence-corrected chi connectivity index (χ1v) is 7.23. The van der Waals surface area contributed by atoms with Crippen molar-refractivity contribution in [1.82, 2.24) is 15.1 Å². The molecule has 1 heterocycles. The van der Waals surface area contributed by atoms with Crippen molar-refractivity contribution in [3.05, 3.63) is 42.2 Å². The summed E-state index contributed by atoms with van der Waals surface area (Å²) in [6.45, 7) is 5.00. The van der Waals surface area contributed by atoms with Gasteiger partial charge in [0.1, 0.15) is 0 Å². The molecule has 1 amide bonds. The van der Waals surface area contributed by atoms with Gasteiger partial charge in [-0.1, -0.05) is 0 Å². The standard InChI is InChI=1S/C16H21N3O3/c1-4-22-14-7-6-13(10-15(14)21-3)16(20)18-12(2)11-19-9-5-8-17-19/h5-10,12H,4,11H2,1-3H3,(H,18,20)/t12-/m0/s1. The molecule has 0 saturated heterocycles. The number of nitrogens with zero attached hydrogens (tertiary/aromatic N) is 2. The monoisotopic (exact) mass is 303 g/mol. The van der Waals surface area contributed by atoms with Gasteiger partial charge in [-0.25, -0.2) is 0 Å². The van der Waals surface area contributed by atoms with Crippen LogP contribution in [0.2, 0.25) is 0 Å². The number of hydrogen-bond donors (Lipinski definition) is 1. The molecule has 0 saturated carbocycles. The second-order valence-electron chi connectivity index (χ2n) is 4.90. The van der Waals surface area contributed by atoms with Crippen molar-refractivity contribution < 1.29 is 14.3 Å². The Hall–Kier alpha value is -2.50. The van der Waals surface area contributed by atoms with Gasteiger partial charge in [-0.2, -0.15) is 5.10 Å². The van der Waals surface area contributed by atoms with Crippen molar-refractivity contribution in [2.24, 2.45) is 0 Å². The van der Waals surface area contributed by atoms with E-state index in [2.05, 4.69) is 10.4 Å². The molecular formula is C16H21N3O3. The lowest BCUT2D eigenvalue weighted by molar-refractivity contribution is 0.0935. The summed E-state index contributed by atoms with van der Waals surface area (Å²) in [4.78, 5) is 12.3. The maximum absolute atomic E-state index is 12.3. The first kappa shape index (κ1) is 15.9. The maximum Gasteiger partial charge on any atom is 0.251 e. The Morgan fingerprint density at radius 1 is 1.41 bits per heavy atom. The normalized spacial score (nSPS) is 11.8. The van der Waals surface area contributed by atoms with Gasteiger partial charge in [0, 0.05) is 24.0 Å². The zero-order valence-electron chi connectivity index (χ0n) is 13.1. The molecule has 1 aromatic carbocycles. The Labute approximate surface area is 130 Å². The van der Waals surface area contributed by atoms with Crippen molar-refractivity contribution >= 4 is 5.91 Å². The number of ether oxygens (including phenoxy) is 2. The summed E-state index contributed by atoms with van der Waals surface area (Å²) in [5.74, 6) is 1.03. The van der Waals surface area contributed by atoms with E-state index in [9.17, 15) is 4.79 Å². The lowest BCUT2D eigenvalue weighted by atomic mass is 10.1. The molecule has 0 aliphatic rings. The Morgan fingerprint density at radius 2 is 2.23 bits per heavy atom. The molecular weight excluding hydrogens is 282 g/mol. The van der Waals surface area contributed by atoms with Crippen LogP contribution in [0.1, 0.15) is 24.2 Å².